The Morgan fingerprint density at radius 1 is 1.17 bits per heavy atom. The van der Waals surface area contributed by atoms with E-state index in [1.807, 2.05) is 0 Å². The molecule has 0 spiro atoms. The van der Waals surface area contributed by atoms with E-state index in [-0.39, 0.29) is 0 Å². The Kier molecular flexibility index (Phi) is 1.37. The molecule has 2 saturated heterocycles. The van der Waals surface area contributed by atoms with E-state index in [0.29, 0.717) is 5.54 Å². The summed E-state index contributed by atoms with van der Waals surface area (Å²) in [4.78, 5) is 2.76. The molecule has 0 aromatic carbocycles. The summed E-state index contributed by atoms with van der Waals surface area (Å²) in [5.41, 5.74) is 0.579. The third-order valence-corrected chi connectivity index (χ3v) is 3.84. The van der Waals surface area contributed by atoms with Crippen LogP contribution < -0.4 is 0 Å². The van der Waals surface area contributed by atoms with E-state index >= 15 is 0 Å². The van der Waals surface area contributed by atoms with Gasteiger partial charge < -0.3 is 4.74 Å². The maximum Gasteiger partial charge on any atom is 0.0622 e. The second-order valence-electron chi connectivity index (χ2n) is 4.83. The Bertz CT molecular complexity index is 184. The summed E-state index contributed by atoms with van der Waals surface area (Å²) in [5.74, 6) is 0. The molecule has 2 nitrogen and oxygen atoms in total. The number of rotatable bonds is 1. The molecule has 1 aliphatic carbocycles. The number of fused-ring (bicyclic) bond motifs is 2. The van der Waals surface area contributed by atoms with E-state index in [2.05, 4.69) is 11.8 Å². The van der Waals surface area contributed by atoms with Gasteiger partial charge in [-0.15, -0.1) is 0 Å². The van der Waals surface area contributed by atoms with Crippen molar-refractivity contribution in [3.63, 3.8) is 0 Å². The summed E-state index contributed by atoms with van der Waals surface area (Å²) in [5, 5.41) is 0. The first kappa shape index (κ1) is 7.34. The molecule has 0 aromatic rings. The van der Waals surface area contributed by atoms with Crippen LogP contribution in [0.3, 0.4) is 0 Å². The number of morpholine rings is 1. The first-order valence-electron chi connectivity index (χ1n) is 5.16. The van der Waals surface area contributed by atoms with Gasteiger partial charge in [-0.3, -0.25) is 4.90 Å². The Morgan fingerprint density at radius 3 is 2.25 bits per heavy atom. The second-order valence-corrected chi connectivity index (χ2v) is 4.83. The molecule has 3 rings (SSSR count). The summed E-state index contributed by atoms with van der Waals surface area (Å²) in [7, 11) is 0. The van der Waals surface area contributed by atoms with E-state index in [1.165, 1.54) is 25.7 Å². The van der Waals surface area contributed by atoms with Gasteiger partial charge in [-0.25, -0.2) is 0 Å². The predicted octanol–water partition coefficient (Wildman–Crippen LogP) is 1.40. The zero-order chi connectivity index (χ0) is 8.18. The van der Waals surface area contributed by atoms with Crippen LogP contribution in [0.1, 0.15) is 32.6 Å². The van der Waals surface area contributed by atoms with E-state index in [9.17, 15) is 0 Å². The lowest BCUT2D eigenvalue weighted by atomic mass is 10.1. The maximum absolute atomic E-state index is 5.57. The monoisotopic (exact) mass is 167 g/mol. The molecule has 2 heterocycles. The van der Waals surface area contributed by atoms with Crippen molar-refractivity contribution in [3.05, 3.63) is 0 Å². The smallest absolute Gasteiger partial charge is 0.0622 e. The molecule has 68 valence electrons. The van der Waals surface area contributed by atoms with Crippen LogP contribution in [-0.4, -0.2) is 35.7 Å². The molecule has 2 aliphatic heterocycles. The lowest BCUT2D eigenvalue weighted by molar-refractivity contribution is -0.0395. The van der Waals surface area contributed by atoms with Crippen LogP contribution in [0.15, 0.2) is 0 Å². The fourth-order valence-corrected chi connectivity index (χ4v) is 2.95. The van der Waals surface area contributed by atoms with Crippen LogP contribution in [-0.2, 0) is 4.74 Å². The molecular weight excluding hydrogens is 150 g/mol. The molecule has 12 heavy (non-hydrogen) atoms. The summed E-state index contributed by atoms with van der Waals surface area (Å²) in [6, 6.07) is 1.52. The number of hydrogen-bond donors (Lipinski definition) is 0. The van der Waals surface area contributed by atoms with Crippen molar-refractivity contribution in [1.82, 2.24) is 4.90 Å². The van der Waals surface area contributed by atoms with E-state index in [1.54, 1.807) is 0 Å². The highest BCUT2D eigenvalue weighted by Crippen LogP contribution is 2.48. The number of nitrogens with zero attached hydrogens (tertiary/aromatic N) is 1. The summed E-state index contributed by atoms with van der Waals surface area (Å²) >= 11 is 0. The van der Waals surface area contributed by atoms with E-state index < -0.39 is 0 Å². The van der Waals surface area contributed by atoms with Gasteiger partial charge in [0.2, 0.25) is 0 Å². The van der Waals surface area contributed by atoms with Crippen LogP contribution >= 0.6 is 0 Å². The first-order valence-corrected chi connectivity index (χ1v) is 5.16. The SMILES string of the molecule is CC1(N2C3CCC2COC3)CC1. The van der Waals surface area contributed by atoms with Gasteiger partial charge in [-0.2, -0.15) is 0 Å². The minimum absolute atomic E-state index is 0.579. The fourth-order valence-electron chi connectivity index (χ4n) is 2.95. The zero-order valence-corrected chi connectivity index (χ0v) is 7.75. The van der Waals surface area contributed by atoms with Gasteiger partial charge in [0.15, 0.2) is 0 Å². The molecular formula is C10H17NO. The molecule has 2 atom stereocenters. The Morgan fingerprint density at radius 2 is 1.75 bits per heavy atom. The van der Waals surface area contributed by atoms with Crippen molar-refractivity contribution >= 4 is 0 Å². The quantitative estimate of drug-likeness (QED) is 0.585. The highest BCUT2D eigenvalue weighted by molar-refractivity contribution is 5.08. The minimum atomic E-state index is 0.579. The third kappa shape index (κ3) is 0.882. The van der Waals surface area contributed by atoms with Gasteiger partial charge in [0.25, 0.3) is 0 Å². The van der Waals surface area contributed by atoms with Gasteiger partial charge in [-0.05, 0) is 32.6 Å². The molecule has 0 amide bonds. The maximum atomic E-state index is 5.57. The lowest BCUT2D eigenvalue weighted by Gasteiger charge is -2.39. The van der Waals surface area contributed by atoms with Crippen molar-refractivity contribution < 1.29 is 4.74 Å². The lowest BCUT2D eigenvalue weighted by Crippen LogP contribution is -2.51. The summed E-state index contributed by atoms with van der Waals surface area (Å²) < 4.78 is 5.57. The highest BCUT2D eigenvalue weighted by Gasteiger charge is 2.52. The van der Waals surface area contributed by atoms with Gasteiger partial charge >= 0.3 is 0 Å². The van der Waals surface area contributed by atoms with Crippen molar-refractivity contribution in [3.8, 4) is 0 Å². The minimum Gasteiger partial charge on any atom is -0.378 e. The van der Waals surface area contributed by atoms with Crippen LogP contribution in [0.4, 0.5) is 0 Å². The van der Waals surface area contributed by atoms with Crippen LogP contribution in [0.2, 0.25) is 0 Å². The van der Waals surface area contributed by atoms with Crippen LogP contribution in [0, 0.1) is 0 Å². The third-order valence-electron chi connectivity index (χ3n) is 3.84. The fraction of sp³-hybridized carbons (Fsp3) is 1.00. The average molecular weight is 167 g/mol. The molecule has 2 heteroatoms. The Labute approximate surface area is 73.9 Å². The van der Waals surface area contributed by atoms with Crippen molar-refractivity contribution in [2.24, 2.45) is 0 Å². The van der Waals surface area contributed by atoms with E-state index in [4.69, 9.17) is 4.74 Å². The molecule has 3 fully saturated rings. The van der Waals surface area contributed by atoms with Crippen molar-refractivity contribution in [1.29, 1.82) is 0 Å². The molecule has 1 saturated carbocycles. The molecule has 0 radical (unpaired) electrons. The van der Waals surface area contributed by atoms with Gasteiger partial charge in [0.05, 0.1) is 13.2 Å². The van der Waals surface area contributed by atoms with Crippen molar-refractivity contribution in [2.45, 2.75) is 50.2 Å². The van der Waals surface area contributed by atoms with Gasteiger partial charge in [-0.1, -0.05) is 0 Å². The van der Waals surface area contributed by atoms with Gasteiger partial charge in [0, 0.05) is 17.6 Å². The molecule has 0 aromatic heterocycles. The molecule has 2 unspecified atom stereocenters. The average Bonchev–Trinajstić information content (AvgIpc) is 2.75. The first-order chi connectivity index (χ1) is 5.80. The summed E-state index contributed by atoms with van der Waals surface area (Å²) in [6.45, 7) is 4.40. The predicted molar refractivity (Wildman–Crippen MR) is 47.1 cm³/mol. The molecule has 0 N–H and O–H groups in total. The highest BCUT2D eigenvalue weighted by atomic mass is 16.5. The van der Waals surface area contributed by atoms with Gasteiger partial charge in [0.1, 0.15) is 0 Å². The Balaban J connectivity index is 1.85. The van der Waals surface area contributed by atoms with Crippen LogP contribution in [0.25, 0.3) is 0 Å². The van der Waals surface area contributed by atoms with Crippen LogP contribution in [0.5, 0.6) is 0 Å². The van der Waals surface area contributed by atoms with E-state index in [0.717, 1.165) is 25.3 Å². The number of hydrogen-bond acceptors (Lipinski definition) is 2. The largest absolute Gasteiger partial charge is 0.378 e. The second kappa shape index (κ2) is 2.24. The number of ether oxygens (including phenoxy) is 1. The molecule has 2 bridgehead atoms. The normalized spacial score (nSPS) is 44.8. The summed E-state index contributed by atoms with van der Waals surface area (Å²) in [6.07, 6.45) is 5.58. The molecule has 3 aliphatic rings. The Hall–Kier alpha value is -0.0800. The standard InChI is InChI=1S/C10H17NO/c1-10(4-5-10)11-8-2-3-9(11)7-12-6-8/h8-9H,2-7H2,1H3. The topological polar surface area (TPSA) is 12.5 Å². The van der Waals surface area contributed by atoms with Crippen molar-refractivity contribution in [2.75, 3.05) is 13.2 Å². The zero-order valence-electron chi connectivity index (χ0n) is 7.75.